The van der Waals surface area contributed by atoms with E-state index < -0.39 is 35.5 Å². The first-order chi connectivity index (χ1) is 10.3. The van der Waals surface area contributed by atoms with Gasteiger partial charge in [-0.15, -0.1) is 0 Å². The molecule has 1 atom stereocenters. The zero-order valence-corrected chi connectivity index (χ0v) is 12.2. The second-order valence-corrected chi connectivity index (χ2v) is 5.87. The smallest absolute Gasteiger partial charge is 0.370 e. The van der Waals surface area contributed by atoms with Gasteiger partial charge in [0.25, 0.3) is 5.79 Å². The van der Waals surface area contributed by atoms with Gasteiger partial charge in [0.1, 0.15) is 11.6 Å². The van der Waals surface area contributed by atoms with Crippen LogP contribution in [0.2, 0.25) is 0 Å². The quantitative estimate of drug-likeness (QED) is 0.228. The number of aliphatic carboxylic acids is 1. The number of Topliss-reactive ketones (excluding diaryl/α,β-unsaturated/α-hetero) is 2. The Morgan fingerprint density at radius 2 is 1.65 bits per heavy atom. The van der Waals surface area contributed by atoms with Crippen molar-refractivity contribution in [2.45, 2.75) is 55.9 Å². The van der Waals surface area contributed by atoms with E-state index in [9.17, 15) is 34.8 Å². The molecule has 1 fully saturated rings. The Bertz CT molecular complexity index is 493. The summed E-state index contributed by atoms with van der Waals surface area (Å²) in [5, 5.41) is 64.5. The third-order valence-electron chi connectivity index (χ3n) is 3.97. The highest BCUT2D eigenvalue weighted by atomic mass is 16.7. The first kappa shape index (κ1) is 19.6. The Morgan fingerprint density at radius 3 is 2.09 bits per heavy atom. The maximum absolute atomic E-state index is 11.7. The molecule has 7 N–H and O–H groups in total. The number of ketones is 2. The molecule has 0 bridgehead atoms. The van der Waals surface area contributed by atoms with E-state index in [1.165, 1.54) is 0 Å². The normalized spacial score (nSPS) is 19.9. The number of carbonyl (C=O) groups is 3. The molecule has 1 rings (SSSR count). The number of carboxylic acids is 1. The molecule has 0 aromatic heterocycles. The molecule has 0 aromatic carbocycles. The molecule has 0 aromatic rings. The van der Waals surface area contributed by atoms with Gasteiger partial charge in [-0.1, -0.05) is 0 Å². The average molecular weight is 336 g/mol. The topological polar surface area (TPSA) is 193 Å². The van der Waals surface area contributed by atoms with Gasteiger partial charge in [0.2, 0.25) is 5.79 Å². The first-order valence-corrected chi connectivity index (χ1v) is 6.92. The van der Waals surface area contributed by atoms with Gasteiger partial charge in [-0.05, 0) is 18.8 Å². The van der Waals surface area contributed by atoms with Gasteiger partial charge in [-0.3, -0.25) is 9.59 Å². The summed E-state index contributed by atoms with van der Waals surface area (Å²) in [6.07, 6.45) is 0.0533. The van der Waals surface area contributed by atoms with Crippen molar-refractivity contribution >= 4 is 17.5 Å². The van der Waals surface area contributed by atoms with Crippen molar-refractivity contribution in [1.82, 2.24) is 0 Å². The molecule has 10 nitrogen and oxygen atoms in total. The van der Waals surface area contributed by atoms with Crippen LogP contribution < -0.4 is 0 Å². The lowest BCUT2D eigenvalue weighted by Gasteiger charge is -2.39. The number of carboxylic acid groups (broad SMARTS) is 1. The highest BCUT2D eigenvalue weighted by Crippen LogP contribution is 2.32. The Labute approximate surface area is 130 Å². The predicted molar refractivity (Wildman–Crippen MR) is 70.3 cm³/mol. The Hall–Kier alpha value is -1.43. The van der Waals surface area contributed by atoms with E-state index in [0.717, 1.165) is 0 Å². The summed E-state index contributed by atoms with van der Waals surface area (Å²) in [5.41, 5.74) is 0. The molecule has 0 radical (unpaired) electrons. The number of rotatable bonds is 8. The van der Waals surface area contributed by atoms with Crippen molar-refractivity contribution in [3.05, 3.63) is 0 Å². The van der Waals surface area contributed by atoms with Crippen molar-refractivity contribution in [3.8, 4) is 0 Å². The van der Waals surface area contributed by atoms with Gasteiger partial charge in [0, 0.05) is 19.3 Å². The van der Waals surface area contributed by atoms with E-state index in [0.29, 0.717) is 19.3 Å². The van der Waals surface area contributed by atoms with Crippen molar-refractivity contribution in [3.63, 3.8) is 0 Å². The third-order valence-corrected chi connectivity index (χ3v) is 3.97. The Morgan fingerprint density at radius 1 is 1.09 bits per heavy atom. The maximum atomic E-state index is 11.7. The van der Waals surface area contributed by atoms with E-state index >= 15 is 0 Å². The second-order valence-electron chi connectivity index (χ2n) is 5.87. The van der Waals surface area contributed by atoms with Gasteiger partial charge >= 0.3 is 11.8 Å². The monoisotopic (exact) mass is 336 g/mol. The maximum Gasteiger partial charge on any atom is 0.370 e. The lowest BCUT2D eigenvalue weighted by Crippen LogP contribution is -2.71. The second kappa shape index (κ2) is 6.59. The minimum atomic E-state index is -4.31. The summed E-state index contributed by atoms with van der Waals surface area (Å²) in [6, 6.07) is 0. The van der Waals surface area contributed by atoms with Crippen LogP contribution in [0.3, 0.4) is 0 Å². The minimum absolute atomic E-state index is 0.0277. The van der Waals surface area contributed by atoms with Crippen molar-refractivity contribution in [2.24, 2.45) is 5.92 Å². The molecule has 0 aliphatic heterocycles. The molecule has 132 valence electrons. The van der Waals surface area contributed by atoms with Gasteiger partial charge < -0.3 is 35.7 Å². The Balaban J connectivity index is 2.67. The largest absolute Gasteiger partial charge is 0.477 e. The van der Waals surface area contributed by atoms with Crippen LogP contribution in [0.5, 0.6) is 0 Å². The zero-order chi connectivity index (χ0) is 18.1. The highest BCUT2D eigenvalue weighted by molar-refractivity contribution is 5.82. The molecular formula is C13H20O10. The lowest BCUT2D eigenvalue weighted by atomic mass is 9.90. The van der Waals surface area contributed by atoms with Crippen LogP contribution in [-0.2, 0) is 14.4 Å². The molecular weight excluding hydrogens is 316 g/mol. The fourth-order valence-corrected chi connectivity index (χ4v) is 2.42. The molecule has 0 saturated heterocycles. The van der Waals surface area contributed by atoms with Crippen LogP contribution in [0.25, 0.3) is 0 Å². The standard InChI is InChI=1S/C13H20O10/c14-8-3-1-7(5-8)2-4-9(15)6-11(18,19)13(22,23)12(20,21)10(16)17/h7,18-23H,1-6H2,(H,16,17)/t7-/m1/s1. The van der Waals surface area contributed by atoms with Crippen molar-refractivity contribution in [2.75, 3.05) is 0 Å². The van der Waals surface area contributed by atoms with E-state index in [4.69, 9.17) is 15.3 Å². The molecule has 1 aliphatic carbocycles. The van der Waals surface area contributed by atoms with Gasteiger partial charge in [-0.25, -0.2) is 4.79 Å². The summed E-state index contributed by atoms with van der Waals surface area (Å²) in [4.78, 5) is 33.4. The predicted octanol–water partition coefficient (Wildman–Crippen LogP) is -2.78. The van der Waals surface area contributed by atoms with E-state index in [2.05, 4.69) is 0 Å². The Kier molecular flexibility index (Phi) is 5.62. The van der Waals surface area contributed by atoms with Gasteiger partial charge in [0.15, 0.2) is 0 Å². The number of hydrogen-bond acceptors (Lipinski definition) is 9. The van der Waals surface area contributed by atoms with Crippen molar-refractivity contribution in [1.29, 1.82) is 0 Å². The van der Waals surface area contributed by atoms with Crippen LogP contribution in [-0.4, -0.2) is 70.6 Å². The third kappa shape index (κ3) is 4.10. The zero-order valence-electron chi connectivity index (χ0n) is 12.2. The molecule has 0 unspecified atom stereocenters. The van der Waals surface area contributed by atoms with Crippen molar-refractivity contribution < 1.29 is 50.1 Å². The van der Waals surface area contributed by atoms with Crippen LogP contribution in [0.1, 0.15) is 38.5 Å². The SMILES string of the molecule is O=C1CC[C@H](CCC(=O)CC(O)(O)C(O)(O)C(O)(O)C(=O)O)C1. The number of carbonyl (C=O) groups excluding carboxylic acids is 2. The fraction of sp³-hybridized carbons (Fsp3) is 0.769. The first-order valence-electron chi connectivity index (χ1n) is 6.92. The molecule has 0 amide bonds. The summed E-state index contributed by atoms with van der Waals surface area (Å²) in [5.74, 6) is -15.8. The van der Waals surface area contributed by atoms with Crippen LogP contribution in [0.4, 0.5) is 0 Å². The number of hydrogen-bond donors (Lipinski definition) is 7. The molecule has 0 spiro atoms. The molecule has 0 heterocycles. The summed E-state index contributed by atoms with van der Waals surface area (Å²) in [7, 11) is 0. The van der Waals surface area contributed by atoms with E-state index in [1.54, 1.807) is 0 Å². The van der Waals surface area contributed by atoms with Gasteiger partial charge in [0.05, 0.1) is 6.42 Å². The fourth-order valence-electron chi connectivity index (χ4n) is 2.42. The van der Waals surface area contributed by atoms with E-state index in [-0.39, 0.29) is 24.5 Å². The summed E-state index contributed by atoms with van der Waals surface area (Å²) >= 11 is 0. The average Bonchev–Trinajstić information content (AvgIpc) is 2.81. The van der Waals surface area contributed by atoms with E-state index in [1.807, 2.05) is 0 Å². The van der Waals surface area contributed by atoms with Gasteiger partial charge in [-0.2, -0.15) is 0 Å². The molecule has 10 heteroatoms. The summed E-state index contributed by atoms with van der Waals surface area (Å²) in [6.45, 7) is 0. The molecule has 23 heavy (non-hydrogen) atoms. The van der Waals surface area contributed by atoms with Crippen LogP contribution in [0.15, 0.2) is 0 Å². The minimum Gasteiger partial charge on any atom is -0.477 e. The molecule has 1 saturated carbocycles. The number of aliphatic hydroxyl groups is 6. The van der Waals surface area contributed by atoms with Crippen LogP contribution in [0, 0.1) is 5.92 Å². The van der Waals surface area contributed by atoms with Crippen LogP contribution >= 0.6 is 0 Å². The lowest BCUT2D eigenvalue weighted by molar-refractivity contribution is -0.439. The summed E-state index contributed by atoms with van der Waals surface area (Å²) < 4.78 is 0. The molecule has 1 aliphatic rings. The highest BCUT2D eigenvalue weighted by Gasteiger charge is 2.66.